The first-order valence-corrected chi connectivity index (χ1v) is 15.1. The van der Waals surface area contributed by atoms with Crippen molar-refractivity contribution in [2.75, 3.05) is 0 Å². The molecule has 2 aliphatic heterocycles. The molecule has 2 heterocycles. The largest absolute Gasteiger partial charge is 0.431 e. The second kappa shape index (κ2) is 10.8. The lowest BCUT2D eigenvalue weighted by Gasteiger charge is -2.41. The summed E-state index contributed by atoms with van der Waals surface area (Å²) in [4.78, 5) is 29.2. The molecule has 0 aromatic heterocycles. The zero-order valence-electron chi connectivity index (χ0n) is 21.9. The van der Waals surface area contributed by atoms with E-state index in [1.165, 1.54) is 64.2 Å². The molecule has 0 aromatic carbocycles. The van der Waals surface area contributed by atoms with Gasteiger partial charge in [-0.05, 0) is 51.4 Å². The van der Waals surface area contributed by atoms with Crippen molar-refractivity contribution < 1.29 is 14.3 Å². The molecule has 36 heavy (non-hydrogen) atoms. The van der Waals surface area contributed by atoms with E-state index >= 15 is 0 Å². The zero-order chi connectivity index (χ0) is 24.4. The monoisotopic (exact) mass is 493 g/mol. The van der Waals surface area contributed by atoms with E-state index in [1.807, 2.05) is 0 Å². The Morgan fingerprint density at radius 3 is 1.58 bits per heavy atom. The lowest BCUT2D eigenvalue weighted by Crippen LogP contribution is -2.47. The average molecular weight is 494 g/mol. The number of hydrogen-bond donors (Lipinski definition) is 0. The quantitative estimate of drug-likeness (QED) is 0.397. The molecule has 4 aliphatic carbocycles. The summed E-state index contributed by atoms with van der Waals surface area (Å²) in [6.07, 6.45) is 23.0. The maximum absolute atomic E-state index is 13.5. The molecule has 0 bridgehead atoms. The number of aliphatic imine (C=N–C) groups is 3. The van der Waals surface area contributed by atoms with Gasteiger partial charge < -0.3 is 9.47 Å². The first kappa shape index (κ1) is 24.4. The van der Waals surface area contributed by atoms with Crippen molar-refractivity contribution in [3.8, 4) is 0 Å². The third-order valence-corrected chi connectivity index (χ3v) is 9.49. The highest BCUT2D eigenvalue weighted by molar-refractivity contribution is 6.45. The van der Waals surface area contributed by atoms with Crippen LogP contribution in [0.4, 0.5) is 0 Å². The van der Waals surface area contributed by atoms with Gasteiger partial charge in [-0.25, -0.2) is 14.8 Å². The van der Waals surface area contributed by atoms with Crippen LogP contribution in [0.25, 0.3) is 0 Å². The number of ether oxygens (including phenoxy) is 2. The third kappa shape index (κ3) is 4.81. The fourth-order valence-electron chi connectivity index (χ4n) is 7.50. The smallest absolute Gasteiger partial charge is 0.345 e. The number of nitrogens with zero attached hydrogens (tertiary/aromatic N) is 3. The fraction of sp³-hybridized carbons (Fsp3) is 0.800. The Bertz CT molecular complexity index is 954. The minimum atomic E-state index is -0.433. The summed E-state index contributed by atoms with van der Waals surface area (Å²) in [5.74, 6) is 1.42. The van der Waals surface area contributed by atoms with Crippen molar-refractivity contribution in [2.24, 2.45) is 20.4 Å². The minimum absolute atomic E-state index is 0.218. The molecule has 1 spiro atoms. The maximum Gasteiger partial charge on any atom is 0.345 e. The van der Waals surface area contributed by atoms with Crippen LogP contribution >= 0.6 is 0 Å². The van der Waals surface area contributed by atoms with E-state index in [2.05, 4.69) is 0 Å². The van der Waals surface area contributed by atoms with Crippen LogP contribution in [-0.4, -0.2) is 41.6 Å². The Morgan fingerprint density at radius 1 is 0.556 bits per heavy atom. The van der Waals surface area contributed by atoms with Crippen LogP contribution < -0.4 is 0 Å². The van der Waals surface area contributed by atoms with Gasteiger partial charge in [-0.1, -0.05) is 77.0 Å². The molecule has 0 radical (unpaired) electrons. The molecule has 0 aromatic rings. The third-order valence-electron chi connectivity index (χ3n) is 9.49. The Kier molecular flexibility index (Phi) is 7.30. The minimum Gasteiger partial charge on any atom is -0.431 e. The van der Waals surface area contributed by atoms with Crippen molar-refractivity contribution in [1.29, 1.82) is 0 Å². The summed E-state index contributed by atoms with van der Waals surface area (Å²) in [7, 11) is 0. The van der Waals surface area contributed by atoms with Crippen molar-refractivity contribution in [2.45, 2.75) is 147 Å². The number of hydrogen-bond acceptors (Lipinski definition) is 6. The molecule has 196 valence electrons. The molecular weight excluding hydrogens is 450 g/mol. The molecule has 6 aliphatic rings. The lowest BCUT2D eigenvalue weighted by molar-refractivity contribution is -0.131. The summed E-state index contributed by atoms with van der Waals surface area (Å²) in [5.41, 5.74) is 1.24. The molecule has 6 rings (SSSR count). The summed E-state index contributed by atoms with van der Waals surface area (Å²) in [5, 5.41) is 0. The van der Waals surface area contributed by atoms with Gasteiger partial charge in [-0.3, -0.25) is 4.99 Å². The topological polar surface area (TPSA) is 72.6 Å². The number of carbonyl (C=O) groups is 1. The van der Waals surface area contributed by atoms with Crippen LogP contribution in [0.2, 0.25) is 0 Å². The van der Waals surface area contributed by atoms with Gasteiger partial charge in [-0.15, -0.1) is 0 Å². The molecular formula is C30H43N3O3. The molecule has 0 amide bonds. The van der Waals surface area contributed by atoms with Crippen LogP contribution in [0.5, 0.6) is 0 Å². The van der Waals surface area contributed by atoms with Gasteiger partial charge in [0.05, 0.1) is 29.1 Å². The second-order valence-corrected chi connectivity index (χ2v) is 12.1. The molecule has 6 nitrogen and oxygen atoms in total. The van der Waals surface area contributed by atoms with Gasteiger partial charge in [0.25, 0.3) is 5.90 Å². The highest BCUT2D eigenvalue weighted by Crippen LogP contribution is 2.51. The highest BCUT2D eigenvalue weighted by Gasteiger charge is 2.56. The van der Waals surface area contributed by atoms with Crippen LogP contribution in [0.15, 0.2) is 26.3 Å². The maximum atomic E-state index is 13.5. The van der Waals surface area contributed by atoms with Crippen LogP contribution in [0.1, 0.15) is 128 Å². The molecule has 0 saturated heterocycles. The van der Waals surface area contributed by atoms with Crippen molar-refractivity contribution in [1.82, 2.24) is 0 Å². The number of rotatable bonds is 3. The summed E-state index contributed by atoms with van der Waals surface area (Å²) in [6.45, 7) is 0. The Balaban J connectivity index is 1.45. The van der Waals surface area contributed by atoms with E-state index in [4.69, 9.17) is 24.5 Å². The Morgan fingerprint density at radius 2 is 1.03 bits per heavy atom. The lowest BCUT2D eigenvalue weighted by atomic mass is 9.64. The van der Waals surface area contributed by atoms with Gasteiger partial charge >= 0.3 is 5.97 Å². The van der Waals surface area contributed by atoms with Gasteiger partial charge in [0, 0.05) is 0 Å². The number of fused-ring (bicyclic) bond motifs is 1. The van der Waals surface area contributed by atoms with Crippen LogP contribution in [-0.2, 0) is 14.3 Å². The van der Waals surface area contributed by atoms with E-state index in [-0.39, 0.29) is 18.1 Å². The van der Waals surface area contributed by atoms with Gasteiger partial charge in [0.1, 0.15) is 5.71 Å². The number of cyclic esters (lactones) is 1. The SMILES string of the molecule is O=C1OC(=NC2CCCCC2)C2=C1C1(CCCCC1)C(=NC1CCCCC1)C(=NC1CCCCC1)O2. The van der Waals surface area contributed by atoms with Crippen LogP contribution in [0, 0.1) is 5.41 Å². The Hall–Kier alpha value is -1.98. The standard InChI is InChI=1S/C30H43N3O3/c34-29-24-25(27(36-29)32-22-15-7-2-8-16-22)35-28(33-23-17-9-3-10-18-23)26(30(24)19-11-4-12-20-30)31-21-13-5-1-6-14-21/h21-23H,1-20H2. The first-order chi connectivity index (χ1) is 17.7. The molecule has 4 fully saturated rings. The van der Waals surface area contributed by atoms with Crippen molar-refractivity contribution in [3.63, 3.8) is 0 Å². The van der Waals surface area contributed by atoms with Crippen molar-refractivity contribution in [3.05, 3.63) is 11.3 Å². The van der Waals surface area contributed by atoms with E-state index < -0.39 is 5.41 Å². The summed E-state index contributed by atoms with van der Waals surface area (Å²) in [6, 6.07) is 0.808. The van der Waals surface area contributed by atoms with Gasteiger partial charge in [-0.2, -0.15) is 0 Å². The Labute approximate surface area is 216 Å². The number of carbonyl (C=O) groups excluding carboxylic acids is 1. The fourth-order valence-corrected chi connectivity index (χ4v) is 7.50. The second-order valence-electron chi connectivity index (χ2n) is 12.1. The van der Waals surface area contributed by atoms with E-state index in [0.29, 0.717) is 29.2 Å². The average Bonchev–Trinajstić information content (AvgIpc) is 3.23. The summed E-state index contributed by atoms with van der Waals surface area (Å²) < 4.78 is 12.6. The van der Waals surface area contributed by atoms with Gasteiger partial charge in [0.2, 0.25) is 11.7 Å². The molecule has 0 N–H and O–H groups in total. The van der Waals surface area contributed by atoms with E-state index in [0.717, 1.165) is 69.9 Å². The van der Waals surface area contributed by atoms with E-state index in [9.17, 15) is 4.79 Å². The molecule has 4 saturated carbocycles. The molecule has 6 heteroatoms. The summed E-state index contributed by atoms with van der Waals surface area (Å²) >= 11 is 0. The van der Waals surface area contributed by atoms with Gasteiger partial charge in [0.15, 0.2) is 0 Å². The highest BCUT2D eigenvalue weighted by atomic mass is 16.6. The molecule has 0 unspecified atom stereocenters. The van der Waals surface area contributed by atoms with Crippen molar-refractivity contribution >= 4 is 23.5 Å². The molecule has 0 atom stereocenters. The predicted octanol–water partition coefficient (Wildman–Crippen LogP) is 7.01. The zero-order valence-corrected chi connectivity index (χ0v) is 21.9. The first-order valence-electron chi connectivity index (χ1n) is 15.1. The number of esters is 1. The van der Waals surface area contributed by atoms with E-state index in [1.54, 1.807) is 0 Å². The van der Waals surface area contributed by atoms with Crippen LogP contribution in [0.3, 0.4) is 0 Å². The predicted molar refractivity (Wildman–Crippen MR) is 143 cm³/mol. The normalized spacial score (nSPS) is 31.8.